The zero-order chi connectivity index (χ0) is 36.2. The van der Waals surface area contributed by atoms with Crippen molar-refractivity contribution in [3.8, 4) is 11.5 Å². The highest BCUT2D eigenvalue weighted by atomic mass is 35.5. The summed E-state index contributed by atoms with van der Waals surface area (Å²) in [7, 11) is 1.58. The van der Waals surface area contributed by atoms with Crippen LogP contribution in [0.25, 0.3) is 0 Å². The van der Waals surface area contributed by atoms with Gasteiger partial charge in [0.25, 0.3) is 0 Å². The maximum absolute atomic E-state index is 15.1. The molecule has 3 aliphatic heterocycles. The van der Waals surface area contributed by atoms with E-state index in [9.17, 15) is 9.59 Å². The fraction of sp³-hybridized carbons (Fsp3) is 0.375. The summed E-state index contributed by atoms with van der Waals surface area (Å²) in [5, 5.41) is 0.700. The van der Waals surface area contributed by atoms with Gasteiger partial charge in [-0.25, -0.2) is 14.0 Å². The number of ether oxygens (including phenoxy) is 4. The fourth-order valence-electron chi connectivity index (χ4n) is 6.83. The highest BCUT2D eigenvalue weighted by molar-refractivity contribution is 6.35. The fourth-order valence-corrected chi connectivity index (χ4v) is 7.35. The Morgan fingerprint density at radius 1 is 0.962 bits per heavy atom. The van der Waals surface area contributed by atoms with Crippen molar-refractivity contribution in [2.75, 3.05) is 38.3 Å². The van der Waals surface area contributed by atoms with E-state index in [2.05, 4.69) is 9.88 Å². The monoisotopic (exact) mass is 747 g/mol. The Bertz CT molecular complexity index is 1880. The van der Waals surface area contributed by atoms with E-state index in [0.717, 1.165) is 38.8 Å². The highest BCUT2D eigenvalue weighted by Crippen LogP contribution is 2.38. The van der Waals surface area contributed by atoms with Gasteiger partial charge in [-0.2, -0.15) is 0 Å². The SMILES string of the molecule is COc1ccc([C@@H](Cc2c(Cl)cncc2Cl)OC(=O)c2ccc(CN(C(=O)O[C@H]3CN4CCC3CC4)c3ccccc3F)cc2)cc1OCC1CC1. The third-order valence-electron chi connectivity index (χ3n) is 10.1. The molecule has 1 amide bonds. The lowest BCUT2D eigenvalue weighted by Gasteiger charge is -2.44. The minimum Gasteiger partial charge on any atom is -0.493 e. The molecule has 1 aromatic heterocycles. The molecule has 3 saturated heterocycles. The average Bonchev–Trinajstić information content (AvgIpc) is 4.00. The minimum absolute atomic E-state index is 0.0351. The number of fused-ring (bicyclic) bond motifs is 3. The van der Waals surface area contributed by atoms with Crippen molar-refractivity contribution in [1.82, 2.24) is 9.88 Å². The number of pyridine rings is 1. The van der Waals surface area contributed by atoms with Crippen molar-refractivity contribution < 1.29 is 32.9 Å². The van der Waals surface area contributed by atoms with Crippen LogP contribution in [0.5, 0.6) is 11.5 Å². The van der Waals surface area contributed by atoms with E-state index >= 15 is 4.39 Å². The smallest absolute Gasteiger partial charge is 0.415 e. The van der Waals surface area contributed by atoms with E-state index in [-0.39, 0.29) is 30.3 Å². The molecule has 4 aliphatic rings. The number of rotatable bonds is 13. The zero-order valence-electron chi connectivity index (χ0n) is 28.8. The van der Waals surface area contributed by atoms with Gasteiger partial charge in [0.15, 0.2) is 11.5 Å². The second-order valence-electron chi connectivity index (χ2n) is 13.6. The molecule has 1 aliphatic carbocycles. The van der Waals surface area contributed by atoms with Crippen molar-refractivity contribution in [3.05, 3.63) is 117 Å². The van der Waals surface area contributed by atoms with Crippen LogP contribution in [0, 0.1) is 17.7 Å². The number of piperidine rings is 3. The Kier molecular flexibility index (Phi) is 11.1. The first-order chi connectivity index (χ1) is 25.2. The van der Waals surface area contributed by atoms with Crippen LogP contribution >= 0.6 is 23.2 Å². The number of carbonyl (C=O) groups excluding carboxylic acids is 2. The summed E-state index contributed by atoms with van der Waals surface area (Å²) in [6.07, 6.45) is 5.75. The number of halogens is 3. The van der Waals surface area contributed by atoms with Gasteiger partial charge in [0, 0.05) is 25.4 Å². The number of nitrogens with zero attached hydrogens (tertiary/aromatic N) is 3. The summed E-state index contributed by atoms with van der Waals surface area (Å²) >= 11 is 13.0. The Hall–Kier alpha value is -4.38. The van der Waals surface area contributed by atoms with Crippen molar-refractivity contribution in [2.24, 2.45) is 11.8 Å². The molecule has 4 fully saturated rings. The van der Waals surface area contributed by atoms with Gasteiger partial charge in [-0.05, 0) is 104 Å². The zero-order valence-corrected chi connectivity index (χ0v) is 30.3. The standard InChI is InChI=1S/C40H40Cl2FN3O6/c1-49-35-13-12-29(18-37(35)50-24-26-6-7-26)36(19-30-31(41)20-44-21-32(30)42)51-39(47)28-10-8-25(9-11-28)22-46(34-5-3-2-4-33(34)43)40(48)52-38-23-45-16-14-27(38)15-17-45/h2-5,8-13,18,20-21,26-27,36,38H,6-7,14-17,19,22-24H2,1H3/t36-,38+/m1/s1. The molecule has 4 aromatic rings. The van der Waals surface area contributed by atoms with Gasteiger partial charge >= 0.3 is 12.1 Å². The van der Waals surface area contributed by atoms with E-state index in [0.29, 0.717) is 63.2 Å². The predicted molar refractivity (Wildman–Crippen MR) is 196 cm³/mol. The molecule has 0 unspecified atom stereocenters. The number of benzene rings is 3. The molecule has 0 spiro atoms. The number of amides is 1. The van der Waals surface area contributed by atoms with Gasteiger partial charge < -0.3 is 18.9 Å². The van der Waals surface area contributed by atoms with E-state index in [1.807, 2.05) is 12.1 Å². The summed E-state index contributed by atoms with van der Waals surface area (Å²) in [4.78, 5) is 35.0. The third kappa shape index (κ3) is 8.46. The van der Waals surface area contributed by atoms with Gasteiger partial charge in [0.1, 0.15) is 18.0 Å². The summed E-state index contributed by atoms with van der Waals surface area (Å²) in [5.74, 6) is 0.832. The molecule has 272 valence electrons. The average molecular weight is 749 g/mol. The Morgan fingerprint density at radius 2 is 1.69 bits per heavy atom. The molecule has 0 radical (unpaired) electrons. The van der Waals surface area contributed by atoms with Crippen LogP contribution in [0.4, 0.5) is 14.9 Å². The van der Waals surface area contributed by atoms with Crippen LogP contribution in [0.1, 0.15) is 58.8 Å². The number of hydrogen-bond donors (Lipinski definition) is 0. The van der Waals surface area contributed by atoms with Crippen molar-refractivity contribution in [1.29, 1.82) is 0 Å². The van der Waals surface area contributed by atoms with Crippen LogP contribution in [0.3, 0.4) is 0 Å². The number of esters is 1. The van der Waals surface area contributed by atoms with E-state index in [1.54, 1.807) is 55.6 Å². The quantitative estimate of drug-likeness (QED) is 0.126. The molecule has 9 nitrogen and oxygen atoms in total. The number of methoxy groups -OCH3 is 1. The minimum atomic E-state index is -0.795. The topological polar surface area (TPSA) is 90.4 Å². The van der Waals surface area contributed by atoms with Gasteiger partial charge in [0.2, 0.25) is 0 Å². The number of carbonyl (C=O) groups is 2. The maximum Gasteiger partial charge on any atom is 0.415 e. The lowest BCUT2D eigenvalue weighted by atomic mass is 9.86. The first-order valence-electron chi connectivity index (χ1n) is 17.6. The molecular weight excluding hydrogens is 708 g/mol. The molecule has 4 heterocycles. The summed E-state index contributed by atoms with van der Waals surface area (Å²) in [5.41, 5.74) is 2.33. The summed E-state index contributed by atoms with van der Waals surface area (Å²) in [6, 6.07) is 18.2. The summed E-state index contributed by atoms with van der Waals surface area (Å²) < 4.78 is 38.8. The number of anilines is 1. The number of hydrogen-bond acceptors (Lipinski definition) is 8. The predicted octanol–water partition coefficient (Wildman–Crippen LogP) is 8.70. The van der Waals surface area contributed by atoms with Crippen LogP contribution in [0.15, 0.2) is 79.1 Å². The van der Waals surface area contributed by atoms with E-state index in [4.69, 9.17) is 42.1 Å². The van der Waals surface area contributed by atoms with Crippen molar-refractivity contribution in [2.45, 2.75) is 50.9 Å². The lowest BCUT2D eigenvalue weighted by Crippen LogP contribution is -2.53. The van der Waals surface area contributed by atoms with Crippen molar-refractivity contribution in [3.63, 3.8) is 0 Å². The molecule has 3 aromatic carbocycles. The molecule has 2 bridgehead atoms. The first kappa shape index (κ1) is 36.0. The Labute approximate surface area is 312 Å². The largest absolute Gasteiger partial charge is 0.493 e. The van der Waals surface area contributed by atoms with Crippen LogP contribution in [-0.2, 0) is 22.4 Å². The first-order valence-corrected chi connectivity index (χ1v) is 18.3. The summed E-state index contributed by atoms with van der Waals surface area (Å²) in [6.45, 7) is 3.31. The van der Waals surface area contributed by atoms with Crippen LogP contribution in [0.2, 0.25) is 10.0 Å². The molecule has 1 saturated carbocycles. The van der Waals surface area contributed by atoms with Crippen molar-refractivity contribution >= 4 is 41.0 Å². The van der Waals surface area contributed by atoms with Gasteiger partial charge in [-0.1, -0.05) is 53.5 Å². The van der Waals surface area contributed by atoms with Gasteiger partial charge in [-0.3, -0.25) is 14.8 Å². The second-order valence-corrected chi connectivity index (χ2v) is 14.5. The van der Waals surface area contributed by atoms with Gasteiger partial charge in [0.05, 0.1) is 41.6 Å². The van der Waals surface area contributed by atoms with Crippen LogP contribution < -0.4 is 14.4 Å². The highest BCUT2D eigenvalue weighted by Gasteiger charge is 2.38. The molecule has 52 heavy (non-hydrogen) atoms. The Balaban J connectivity index is 1.10. The number of para-hydroxylation sites is 1. The Morgan fingerprint density at radius 3 is 2.35 bits per heavy atom. The number of aromatic nitrogens is 1. The second kappa shape index (κ2) is 16.1. The van der Waals surface area contributed by atoms with E-state index in [1.165, 1.54) is 23.4 Å². The molecule has 8 rings (SSSR count). The normalized spacial score (nSPS) is 19.8. The maximum atomic E-state index is 15.1. The lowest BCUT2D eigenvalue weighted by molar-refractivity contribution is -0.0311. The van der Waals surface area contributed by atoms with E-state index < -0.39 is 24.0 Å². The molecule has 2 atom stereocenters. The third-order valence-corrected chi connectivity index (χ3v) is 10.7. The molecule has 12 heteroatoms. The molecular formula is C40H40Cl2FN3O6. The van der Waals surface area contributed by atoms with Gasteiger partial charge in [-0.15, -0.1) is 0 Å². The molecule has 0 N–H and O–H groups in total. The van der Waals surface area contributed by atoms with Crippen LogP contribution in [-0.4, -0.2) is 61.4 Å².